The van der Waals surface area contributed by atoms with Crippen LogP contribution in [0.2, 0.25) is 0 Å². The summed E-state index contributed by atoms with van der Waals surface area (Å²) in [5, 5.41) is 1.90. The number of amides is 2. The molecule has 0 unspecified atom stereocenters. The number of benzene rings is 2. The van der Waals surface area contributed by atoms with Crippen molar-refractivity contribution in [3.63, 3.8) is 0 Å². The van der Waals surface area contributed by atoms with Gasteiger partial charge in [-0.1, -0.05) is 6.07 Å². The number of hydrazine groups is 1. The number of carbonyl (C=O) groups is 2. The van der Waals surface area contributed by atoms with E-state index in [9.17, 15) is 14.0 Å². The first-order valence-corrected chi connectivity index (χ1v) is 12.9. The van der Waals surface area contributed by atoms with Crippen molar-refractivity contribution < 1.29 is 14.0 Å². The molecule has 2 aromatic carbocycles. The lowest BCUT2D eigenvalue weighted by Gasteiger charge is -2.39. The molecule has 1 N–H and O–H groups in total. The molecule has 0 spiro atoms. The van der Waals surface area contributed by atoms with Crippen molar-refractivity contribution in [3.05, 3.63) is 95.6 Å². The van der Waals surface area contributed by atoms with Crippen LogP contribution in [0.5, 0.6) is 0 Å². The molecule has 0 atom stereocenters. The van der Waals surface area contributed by atoms with Crippen LogP contribution in [0.25, 0.3) is 0 Å². The number of hydrogen-bond donors (Lipinski definition) is 1. The van der Waals surface area contributed by atoms with E-state index in [1.54, 1.807) is 4.90 Å². The van der Waals surface area contributed by atoms with Crippen LogP contribution >= 0.6 is 0 Å². The number of aromatic nitrogens is 1. The number of carbonyl (C=O) groups excluding carboxylic acids is 2. The Morgan fingerprint density at radius 3 is 2.19 bits per heavy atom. The first kappa shape index (κ1) is 26.3. The molecule has 37 heavy (non-hydrogen) atoms. The number of piperidine rings is 1. The van der Waals surface area contributed by atoms with Crippen molar-refractivity contribution >= 4 is 17.5 Å². The Labute approximate surface area is 217 Å². The van der Waals surface area contributed by atoms with E-state index in [2.05, 4.69) is 15.3 Å². The van der Waals surface area contributed by atoms with Crippen molar-refractivity contribution in [3.8, 4) is 0 Å². The highest BCUT2D eigenvalue weighted by Crippen LogP contribution is 2.24. The topological polar surface area (TPSA) is 68.8 Å². The summed E-state index contributed by atoms with van der Waals surface area (Å²) in [5.41, 5.74) is 5.88. The zero-order valence-electron chi connectivity index (χ0n) is 21.4. The minimum atomic E-state index is -0.387. The minimum absolute atomic E-state index is 0.0127. The summed E-state index contributed by atoms with van der Waals surface area (Å²) >= 11 is 0. The van der Waals surface area contributed by atoms with E-state index < -0.39 is 0 Å². The normalized spacial score (nSPS) is 14.2. The molecule has 1 fully saturated rings. The predicted octanol–water partition coefficient (Wildman–Crippen LogP) is 4.52. The summed E-state index contributed by atoms with van der Waals surface area (Å²) in [4.78, 5) is 34.4. The molecule has 8 heteroatoms. The van der Waals surface area contributed by atoms with Gasteiger partial charge in [0.05, 0.1) is 17.4 Å². The third kappa shape index (κ3) is 6.71. The van der Waals surface area contributed by atoms with Gasteiger partial charge in [-0.15, -0.1) is 0 Å². The molecule has 4 rings (SSSR count). The first-order chi connectivity index (χ1) is 18.0. The van der Waals surface area contributed by atoms with Gasteiger partial charge in [0, 0.05) is 50.0 Å². The molecule has 1 aliphatic rings. The lowest BCUT2D eigenvalue weighted by atomic mass is 10.0. The van der Waals surface area contributed by atoms with E-state index in [4.69, 9.17) is 0 Å². The Kier molecular flexibility index (Phi) is 8.85. The van der Waals surface area contributed by atoms with Gasteiger partial charge in [0.15, 0.2) is 0 Å². The molecule has 1 aromatic heterocycles. The quantitative estimate of drug-likeness (QED) is 0.435. The fourth-order valence-corrected chi connectivity index (χ4v) is 4.66. The Balaban J connectivity index is 1.51. The summed E-state index contributed by atoms with van der Waals surface area (Å²) in [5.74, 6) is -0.706. The highest BCUT2D eigenvalue weighted by Gasteiger charge is 2.27. The van der Waals surface area contributed by atoms with Crippen LogP contribution in [0.15, 0.2) is 72.9 Å². The van der Waals surface area contributed by atoms with Gasteiger partial charge in [-0.3, -0.25) is 29.9 Å². The summed E-state index contributed by atoms with van der Waals surface area (Å²) in [6.07, 6.45) is 3.50. The highest BCUT2D eigenvalue weighted by molar-refractivity contribution is 5.96. The number of hydrogen-bond acceptors (Lipinski definition) is 5. The molecule has 0 aliphatic carbocycles. The van der Waals surface area contributed by atoms with Crippen molar-refractivity contribution in [2.75, 3.05) is 31.2 Å². The largest absolute Gasteiger partial charge is 0.339 e. The molecule has 2 amide bonds. The van der Waals surface area contributed by atoms with Crippen LogP contribution in [0.4, 0.5) is 10.1 Å². The number of rotatable bonds is 9. The van der Waals surface area contributed by atoms with Crippen LogP contribution in [0.3, 0.4) is 0 Å². The second kappa shape index (κ2) is 12.5. The van der Waals surface area contributed by atoms with Crippen LogP contribution in [0.1, 0.15) is 53.1 Å². The number of anilines is 1. The lowest BCUT2D eigenvalue weighted by Crippen LogP contribution is -2.53. The van der Waals surface area contributed by atoms with Crippen LogP contribution in [-0.4, -0.2) is 58.8 Å². The number of nitrogens with one attached hydrogen (secondary N) is 1. The van der Waals surface area contributed by atoms with Crippen LogP contribution in [0, 0.1) is 5.82 Å². The molecule has 0 radical (unpaired) electrons. The molecule has 0 saturated carbocycles. The van der Waals surface area contributed by atoms with Crippen molar-refractivity contribution in [1.82, 2.24) is 20.2 Å². The van der Waals surface area contributed by atoms with Crippen molar-refractivity contribution in [1.29, 1.82) is 0 Å². The fourth-order valence-electron chi connectivity index (χ4n) is 4.66. The van der Waals surface area contributed by atoms with E-state index in [1.807, 2.05) is 67.5 Å². The number of likely N-dealkylation sites (tertiary alicyclic amines) is 1. The number of nitrogens with zero attached hydrogens (tertiary/aromatic N) is 4. The SMILES string of the molecule is CCN(CC)C(=O)c1ccc(N(NC(=O)c2ccc(F)cc2)C2CCN(Cc3ccccn3)CC2)cc1. The third-order valence-corrected chi connectivity index (χ3v) is 6.81. The number of halogens is 1. The first-order valence-electron chi connectivity index (χ1n) is 12.9. The molecule has 194 valence electrons. The maximum atomic E-state index is 13.4. The van der Waals surface area contributed by atoms with E-state index in [0.717, 1.165) is 43.9 Å². The second-order valence-corrected chi connectivity index (χ2v) is 9.17. The van der Waals surface area contributed by atoms with Gasteiger partial charge in [0.2, 0.25) is 0 Å². The van der Waals surface area contributed by atoms with Crippen molar-refractivity contribution in [2.45, 2.75) is 39.3 Å². The monoisotopic (exact) mass is 503 g/mol. The van der Waals surface area contributed by atoms with Crippen molar-refractivity contribution in [2.24, 2.45) is 0 Å². The van der Waals surface area contributed by atoms with E-state index in [-0.39, 0.29) is 23.7 Å². The van der Waals surface area contributed by atoms with Crippen LogP contribution < -0.4 is 10.4 Å². The zero-order chi connectivity index (χ0) is 26.2. The molecule has 7 nitrogen and oxygen atoms in total. The number of pyridine rings is 1. The molecular weight excluding hydrogens is 469 g/mol. The predicted molar refractivity (Wildman–Crippen MR) is 143 cm³/mol. The third-order valence-electron chi connectivity index (χ3n) is 6.81. The van der Waals surface area contributed by atoms with Crippen LogP contribution in [-0.2, 0) is 6.54 Å². The van der Waals surface area contributed by atoms with E-state index in [1.165, 1.54) is 24.3 Å². The summed E-state index contributed by atoms with van der Waals surface area (Å²) in [6.45, 7) is 7.73. The average molecular weight is 504 g/mol. The molecule has 1 saturated heterocycles. The van der Waals surface area contributed by atoms with Gasteiger partial charge in [0.1, 0.15) is 5.82 Å². The van der Waals surface area contributed by atoms with Gasteiger partial charge in [-0.25, -0.2) is 4.39 Å². The Bertz CT molecular complexity index is 1160. The van der Waals surface area contributed by atoms with Gasteiger partial charge in [0.25, 0.3) is 11.8 Å². The van der Waals surface area contributed by atoms with Gasteiger partial charge in [-0.2, -0.15) is 0 Å². The second-order valence-electron chi connectivity index (χ2n) is 9.17. The van der Waals surface area contributed by atoms with E-state index >= 15 is 0 Å². The minimum Gasteiger partial charge on any atom is -0.339 e. The zero-order valence-corrected chi connectivity index (χ0v) is 21.4. The molecule has 0 bridgehead atoms. The Morgan fingerprint density at radius 2 is 1.59 bits per heavy atom. The highest BCUT2D eigenvalue weighted by atomic mass is 19.1. The standard InChI is InChI=1S/C29H34FN5O2/c1-3-34(4-2)29(37)23-10-14-26(15-11-23)35(32-28(36)22-8-12-24(30)13-9-22)27-16-19-33(20-17-27)21-25-7-5-6-18-31-25/h5-15,18,27H,3-4,16-17,19-21H2,1-2H3,(H,32,36). The van der Waals surface area contributed by atoms with Gasteiger partial charge >= 0.3 is 0 Å². The summed E-state index contributed by atoms with van der Waals surface area (Å²) < 4.78 is 13.4. The van der Waals surface area contributed by atoms with Gasteiger partial charge < -0.3 is 4.90 Å². The molecular formula is C29H34FN5O2. The smallest absolute Gasteiger partial charge is 0.269 e. The molecule has 2 heterocycles. The maximum absolute atomic E-state index is 13.4. The summed E-state index contributed by atoms with van der Waals surface area (Å²) in [6, 6.07) is 18.9. The maximum Gasteiger partial charge on any atom is 0.269 e. The van der Waals surface area contributed by atoms with E-state index in [0.29, 0.717) is 24.2 Å². The average Bonchev–Trinajstić information content (AvgIpc) is 2.94. The summed E-state index contributed by atoms with van der Waals surface area (Å²) in [7, 11) is 0. The Hall–Kier alpha value is -3.78. The Morgan fingerprint density at radius 1 is 0.946 bits per heavy atom. The fraction of sp³-hybridized carbons (Fsp3) is 0.345. The molecule has 3 aromatic rings. The molecule has 1 aliphatic heterocycles. The lowest BCUT2D eigenvalue weighted by molar-refractivity contribution is 0.0772. The van der Waals surface area contributed by atoms with Gasteiger partial charge in [-0.05, 0) is 87.4 Å².